The van der Waals surface area contributed by atoms with Crippen LogP contribution in [0.1, 0.15) is 25.3 Å². The van der Waals surface area contributed by atoms with Gasteiger partial charge in [0.2, 0.25) is 11.8 Å². The molecule has 0 bridgehead atoms. The van der Waals surface area contributed by atoms with E-state index in [-0.39, 0.29) is 30.9 Å². The lowest BCUT2D eigenvalue weighted by Crippen LogP contribution is -2.45. The molecule has 0 heterocycles. The van der Waals surface area contributed by atoms with Gasteiger partial charge < -0.3 is 15.0 Å². The number of carbonyl (C=O) groups is 2. The molecule has 0 saturated heterocycles. The van der Waals surface area contributed by atoms with Crippen LogP contribution in [0.5, 0.6) is 5.75 Å². The number of nitrogens with one attached hydrogen (secondary N) is 1. The van der Waals surface area contributed by atoms with E-state index in [1.807, 2.05) is 35.2 Å². The molecule has 1 atom stereocenters. The van der Waals surface area contributed by atoms with Crippen LogP contribution in [0.25, 0.3) is 0 Å². The maximum atomic E-state index is 13.1. The van der Waals surface area contributed by atoms with E-state index in [1.165, 1.54) is 12.8 Å². The first-order chi connectivity index (χ1) is 14.5. The first kappa shape index (κ1) is 21.8. The van der Waals surface area contributed by atoms with Gasteiger partial charge in [0.1, 0.15) is 5.75 Å². The Hall–Kier alpha value is -2.86. The zero-order valence-corrected chi connectivity index (χ0v) is 18.0. The molecule has 1 N–H and O–H groups in total. The minimum Gasteiger partial charge on any atom is -0.497 e. The van der Waals surface area contributed by atoms with E-state index >= 15 is 0 Å². The van der Waals surface area contributed by atoms with Crippen LogP contribution < -0.4 is 10.1 Å². The van der Waals surface area contributed by atoms with Crippen molar-refractivity contribution in [2.75, 3.05) is 32.6 Å². The van der Waals surface area contributed by atoms with Crippen molar-refractivity contribution in [2.24, 2.45) is 5.92 Å². The summed E-state index contributed by atoms with van der Waals surface area (Å²) in [5.41, 5.74) is 1.83. The molecule has 2 amide bonds. The normalized spacial score (nSPS) is 14.3. The molecule has 1 saturated carbocycles. The SMILES string of the molecule is COc1ccc(NC(=O)CN(C)CC(=O)N(Cc2ccccc2)[C@@H](C)C2CC2)cc1. The number of amides is 2. The van der Waals surface area contributed by atoms with Crippen LogP contribution >= 0.6 is 0 Å². The Morgan fingerprint density at radius 1 is 1.07 bits per heavy atom. The molecule has 6 nitrogen and oxygen atoms in total. The number of ether oxygens (including phenoxy) is 1. The molecule has 2 aromatic rings. The van der Waals surface area contributed by atoms with Crippen LogP contribution in [0.3, 0.4) is 0 Å². The lowest BCUT2D eigenvalue weighted by Gasteiger charge is -2.31. The van der Waals surface area contributed by atoms with Crippen molar-refractivity contribution < 1.29 is 14.3 Å². The van der Waals surface area contributed by atoms with Gasteiger partial charge in [-0.2, -0.15) is 0 Å². The largest absolute Gasteiger partial charge is 0.497 e. The van der Waals surface area contributed by atoms with Gasteiger partial charge in [-0.05, 0) is 62.6 Å². The van der Waals surface area contributed by atoms with Gasteiger partial charge >= 0.3 is 0 Å². The van der Waals surface area contributed by atoms with E-state index in [1.54, 1.807) is 43.3 Å². The average Bonchev–Trinajstić information content (AvgIpc) is 3.58. The van der Waals surface area contributed by atoms with Crippen LogP contribution in [0.2, 0.25) is 0 Å². The Morgan fingerprint density at radius 2 is 1.73 bits per heavy atom. The van der Waals surface area contributed by atoms with Crippen molar-refractivity contribution >= 4 is 17.5 Å². The van der Waals surface area contributed by atoms with Crippen molar-refractivity contribution in [1.29, 1.82) is 0 Å². The Balaban J connectivity index is 1.55. The smallest absolute Gasteiger partial charge is 0.238 e. The number of rotatable bonds is 10. The molecular weight excluding hydrogens is 378 g/mol. The number of hydrogen-bond donors (Lipinski definition) is 1. The van der Waals surface area contributed by atoms with Gasteiger partial charge in [-0.1, -0.05) is 30.3 Å². The second-order valence-electron chi connectivity index (χ2n) is 8.03. The highest BCUT2D eigenvalue weighted by atomic mass is 16.5. The Bertz CT molecular complexity index is 835. The summed E-state index contributed by atoms with van der Waals surface area (Å²) in [5, 5.41) is 2.86. The first-order valence-corrected chi connectivity index (χ1v) is 10.4. The minimum atomic E-state index is -0.152. The standard InChI is InChI=1S/C24H31N3O3/c1-18(20-9-10-20)27(15-19-7-5-4-6-8-19)24(29)17-26(2)16-23(28)25-21-11-13-22(30-3)14-12-21/h4-8,11-14,18,20H,9-10,15-17H2,1-3H3,(H,25,28)/t18-/m0/s1. The summed E-state index contributed by atoms with van der Waals surface area (Å²) in [4.78, 5) is 29.2. The fourth-order valence-corrected chi connectivity index (χ4v) is 3.57. The van der Waals surface area contributed by atoms with Crippen LogP contribution in [0.4, 0.5) is 5.69 Å². The molecule has 3 rings (SSSR count). The zero-order chi connectivity index (χ0) is 21.5. The fourth-order valence-electron chi connectivity index (χ4n) is 3.57. The van der Waals surface area contributed by atoms with E-state index in [4.69, 9.17) is 4.74 Å². The van der Waals surface area contributed by atoms with Crippen LogP contribution in [0, 0.1) is 5.92 Å². The maximum Gasteiger partial charge on any atom is 0.238 e. The van der Waals surface area contributed by atoms with Crippen molar-refractivity contribution in [2.45, 2.75) is 32.4 Å². The van der Waals surface area contributed by atoms with Gasteiger partial charge in [-0.15, -0.1) is 0 Å². The Morgan fingerprint density at radius 3 is 2.33 bits per heavy atom. The quantitative estimate of drug-likeness (QED) is 0.653. The first-order valence-electron chi connectivity index (χ1n) is 10.4. The number of methoxy groups -OCH3 is 1. The van der Waals surface area contributed by atoms with Crippen LogP contribution in [0.15, 0.2) is 54.6 Å². The second-order valence-corrected chi connectivity index (χ2v) is 8.03. The van der Waals surface area contributed by atoms with Gasteiger partial charge in [0, 0.05) is 18.3 Å². The average molecular weight is 410 g/mol. The molecule has 1 fully saturated rings. The molecular formula is C24H31N3O3. The number of benzene rings is 2. The number of nitrogens with zero attached hydrogens (tertiary/aromatic N) is 2. The summed E-state index contributed by atoms with van der Waals surface area (Å²) < 4.78 is 5.12. The Kier molecular flexibility index (Phi) is 7.46. The summed E-state index contributed by atoms with van der Waals surface area (Å²) in [6.07, 6.45) is 2.36. The van der Waals surface area contributed by atoms with Crippen molar-refractivity contribution in [1.82, 2.24) is 9.80 Å². The van der Waals surface area contributed by atoms with Gasteiger partial charge in [0.15, 0.2) is 0 Å². The highest BCUT2D eigenvalue weighted by Gasteiger charge is 2.34. The molecule has 0 unspecified atom stereocenters. The topological polar surface area (TPSA) is 61.9 Å². The molecule has 0 aliphatic heterocycles. The molecule has 6 heteroatoms. The third kappa shape index (κ3) is 6.32. The fraction of sp³-hybridized carbons (Fsp3) is 0.417. The third-order valence-corrected chi connectivity index (χ3v) is 5.50. The lowest BCUT2D eigenvalue weighted by molar-refractivity contribution is -0.135. The van der Waals surface area contributed by atoms with E-state index < -0.39 is 0 Å². The van der Waals surface area contributed by atoms with E-state index in [2.05, 4.69) is 12.2 Å². The molecule has 30 heavy (non-hydrogen) atoms. The summed E-state index contributed by atoms with van der Waals surface area (Å²) in [6, 6.07) is 17.5. The van der Waals surface area contributed by atoms with Gasteiger partial charge in [0.05, 0.1) is 20.2 Å². The zero-order valence-electron chi connectivity index (χ0n) is 18.0. The van der Waals surface area contributed by atoms with E-state index in [0.717, 1.165) is 11.3 Å². The third-order valence-electron chi connectivity index (χ3n) is 5.50. The highest BCUT2D eigenvalue weighted by Crippen LogP contribution is 2.35. The predicted molar refractivity (Wildman–Crippen MR) is 118 cm³/mol. The molecule has 0 aromatic heterocycles. The number of carbonyl (C=O) groups excluding carboxylic acids is 2. The summed E-state index contributed by atoms with van der Waals surface area (Å²) in [5.74, 6) is 1.22. The van der Waals surface area contributed by atoms with Gasteiger partial charge in [-0.3, -0.25) is 14.5 Å². The van der Waals surface area contributed by atoms with E-state index in [9.17, 15) is 9.59 Å². The Labute approximate surface area is 178 Å². The van der Waals surface area contributed by atoms with Crippen molar-refractivity contribution in [3.63, 3.8) is 0 Å². The lowest BCUT2D eigenvalue weighted by atomic mass is 10.1. The summed E-state index contributed by atoms with van der Waals surface area (Å²) in [7, 11) is 3.40. The second kappa shape index (κ2) is 10.3. The molecule has 1 aliphatic carbocycles. The highest BCUT2D eigenvalue weighted by molar-refractivity contribution is 5.92. The van der Waals surface area contributed by atoms with E-state index in [0.29, 0.717) is 18.2 Å². The summed E-state index contributed by atoms with van der Waals surface area (Å²) >= 11 is 0. The molecule has 0 spiro atoms. The molecule has 0 radical (unpaired) electrons. The molecule has 2 aromatic carbocycles. The number of anilines is 1. The maximum absolute atomic E-state index is 13.1. The number of hydrogen-bond acceptors (Lipinski definition) is 4. The molecule has 1 aliphatic rings. The van der Waals surface area contributed by atoms with Gasteiger partial charge in [0.25, 0.3) is 0 Å². The van der Waals surface area contributed by atoms with Crippen molar-refractivity contribution in [3.05, 3.63) is 60.2 Å². The van der Waals surface area contributed by atoms with Crippen LogP contribution in [-0.4, -0.2) is 54.9 Å². The number of likely N-dealkylation sites (N-methyl/N-ethyl adjacent to an activating group) is 1. The summed E-state index contributed by atoms with van der Waals surface area (Å²) in [6.45, 7) is 3.09. The van der Waals surface area contributed by atoms with Crippen LogP contribution in [-0.2, 0) is 16.1 Å². The minimum absolute atomic E-state index is 0.0537. The monoisotopic (exact) mass is 409 g/mol. The predicted octanol–water partition coefficient (Wildman–Crippen LogP) is 3.39. The van der Waals surface area contributed by atoms with Crippen molar-refractivity contribution in [3.8, 4) is 5.75 Å². The van der Waals surface area contributed by atoms with Gasteiger partial charge in [-0.25, -0.2) is 0 Å². The molecule has 160 valence electrons.